The van der Waals surface area contributed by atoms with Gasteiger partial charge in [0, 0.05) is 25.5 Å². The first-order chi connectivity index (χ1) is 12.8. The Morgan fingerprint density at radius 2 is 1.59 bits per heavy atom. The number of ether oxygens (including phenoxy) is 3. The van der Waals surface area contributed by atoms with E-state index in [0.717, 1.165) is 5.56 Å². The Labute approximate surface area is 157 Å². The Balaban J connectivity index is 2.06. The topological polar surface area (TPSA) is 78.9 Å². The minimum atomic E-state index is -0.537. The number of benzene rings is 2. The molecule has 2 aromatic carbocycles. The molecule has 0 aliphatic rings. The molecule has 0 spiro atoms. The van der Waals surface area contributed by atoms with Crippen molar-refractivity contribution in [2.45, 2.75) is 20.3 Å². The maximum atomic E-state index is 12.0. The fourth-order valence-corrected chi connectivity index (χ4v) is 2.32. The molecule has 6 nitrogen and oxygen atoms in total. The van der Waals surface area contributed by atoms with E-state index in [0.29, 0.717) is 11.1 Å². The Bertz CT molecular complexity index is 854. The van der Waals surface area contributed by atoms with Crippen LogP contribution in [0.5, 0.6) is 11.5 Å². The molecule has 0 heterocycles. The van der Waals surface area contributed by atoms with Gasteiger partial charge in [0.1, 0.15) is 18.1 Å². The van der Waals surface area contributed by atoms with Crippen molar-refractivity contribution in [3.8, 4) is 11.5 Å². The van der Waals surface area contributed by atoms with E-state index in [4.69, 9.17) is 14.2 Å². The Morgan fingerprint density at radius 1 is 0.926 bits per heavy atom. The molecule has 0 N–H and O–H groups in total. The molecular formula is C21H20O6. The quantitative estimate of drug-likeness (QED) is 0.551. The molecule has 0 atom stereocenters. The number of hydrogen-bond donors (Lipinski definition) is 0. The Kier molecular flexibility index (Phi) is 6.88. The van der Waals surface area contributed by atoms with Crippen molar-refractivity contribution < 1.29 is 28.6 Å². The number of carbonyl (C=O) groups excluding carboxylic acids is 3. The number of rotatable bonds is 7. The predicted octanol–water partition coefficient (Wildman–Crippen LogP) is 3.34. The zero-order valence-electron chi connectivity index (χ0n) is 15.2. The minimum absolute atomic E-state index is 0.0627. The second-order valence-corrected chi connectivity index (χ2v) is 5.77. The van der Waals surface area contributed by atoms with Crippen LogP contribution in [0.15, 0.2) is 55.1 Å². The summed E-state index contributed by atoms with van der Waals surface area (Å²) >= 11 is 0. The first-order valence-corrected chi connectivity index (χ1v) is 8.23. The van der Waals surface area contributed by atoms with E-state index in [-0.39, 0.29) is 24.5 Å². The summed E-state index contributed by atoms with van der Waals surface area (Å²) in [7, 11) is 0. The molecule has 27 heavy (non-hydrogen) atoms. The van der Waals surface area contributed by atoms with Crippen LogP contribution < -0.4 is 9.47 Å². The summed E-state index contributed by atoms with van der Waals surface area (Å²) in [5.41, 5.74) is 1.77. The lowest BCUT2D eigenvalue weighted by atomic mass is 10.1. The van der Waals surface area contributed by atoms with E-state index in [1.165, 1.54) is 19.9 Å². The fourth-order valence-electron chi connectivity index (χ4n) is 2.32. The van der Waals surface area contributed by atoms with Crippen LogP contribution in [0.25, 0.3) is 5.57 Å². The third-order valence-electron chi connectivity index (χ3n) is 3.45. The monoisotopic (exact) mass is 368 g/mol. The van der Waals surface area contributed by atoms with Crippen LogP contribution in [0, 0.1) is 0 Å². The van der Waals surface area contributed by atoms with Crippen LogP contribution in [-0.4, -0.2) is 24.5 Å². The first-order valence-electron chi connectivity index (χ1n) is 8.23. The van der Waals surface area contributed by atoms with Gasteiger partial charge in [0.15, 0.2) is 0 Å². The molecule has 2 aromatic rings. The Morgan fingerprint density at radius 3 is 2.22 bits per heavy atom. The van der Waals surface area contributed by atoms with Crippen molar-refractivity contribution in [3.63, 3.8) is 0 Å². The van der Waals surface area contributed by atoms with Gasteiger partial charge >= 0.3 is 17.9 Å². The lowest BCUT2D eigenvalue weighted by molar-refractivity contribution is -0.141. The molecule has 0 radical (unpaired) electrons. The summed E-state index contributed by atoms with van der Waals surface area (Å²) in [5, 5.41) is 0. The molecule has 0 aromatic heterocycles. The van der Waals surface area contributed by atoms with E-state index >= 15 is 0 Å². The smallest absolute Gasteiger partial charge is 0.310 e. The molecule has 0 aliphatic heterocycles. The normalized spacial score (nSPS) is 10.0. The van der Waals surface area contributed by atoms with Gasteiger partial charge in [-0.25, -0.2) is 0 Å². The van der Waals surface area contributed by atoms with Gasteiger partial charge in [-0.15, -0.1) is 0 Å². The number of hydrogen-bond acceptors (Lipinski definition) is 6. The highest BCUT2D eigenvalue weighted by atomic mass is 16.5. The molecular weight excluding hydrogens is 348 g/mol. The highest BCUT2D eigenvalue weighted by Gasteiger charge is 2.14. The largest absolute Gasteiger partial charge is 0.461 e. The van der Waals surface area contributed by atoms with E-state index in [1.54, 1.807) is 12.1 Å². The van der Waals surface area contributed by atoms with E-state index in [9.17, 15) is 14.4 Å². The summed E-state index contributed by atoms with van der Waals surface area (Å²) in [5.74, 6) is -1.02. The van der Waals surface area contributed by atoms with Crippen molar-refractivity contribution in [2.75, 3.05) is 6.61 Å². The standard InChI is InChI=1S/C21H20O6/c1-14(13-25-21(24)11-17-7-5-4-6-8-17)19-10-9-18(26-15(2)22)12-20(19)27-16(3)23/h4-10,12H,1,11,13H2,2-3H3. The average Bonchev–Trinajstić information content (AvgIpc) is 2.60. The zero-order valence-corrected chi connectivity index (χ0v) is 15.2. The molecule has 140 valence electrons. The van der Waals surface area contributed by atoms with Crippen molar-refractivity contribution in [2.24, 2.45) is 0 Å². The van der Waals surface area contributed by atoms with Gasteiger partial charge < -0.3 is 14.2 Å². The van der Waals surface area contributed by atoms with Gasteiger partial charge in [0.2, 0.25) is 0 Å². The second-order valence-electron chi connectivity index (χ2n) is 5.77. The fraction of sp³-hybridized carbons (Fsp3) is 0.190. The van der Waals surface area contributed by atoms with Gasteiger partial charge in [-0.05, 0) is 23.3 Å². The van der Waals surface area contributed by atoms with Crippen LogP contribution in [0.3, 0.4) is 0 Å². The summed E-state index contributed by atoms with van der Waals surface area (Å²) in [6.07, 6.45) is 0.149. The van der Waals surface area contributed by atoms with Gasteiger partial charge in [-0.2, -0.15) is 0 Å². The van der Waals surface area contributed by atoms with Gasteiger partial charge in [0.05, 0.1) is 6.42 Å². The number of esters is 3. The number of carbonyl (C=O) groups is 3. The third-order valence-corrected chi connectivity index (χ3v) is 3.45. The second kappa shape index (κ2) is 9.33. The molecule has 2 rings (SSSR count). The van der Waals surface area contributed by atoms with Gasteiger partial charge in [-0.3, -0.25) is 14.4 Å². The molecule has 0 aliphatic carbocycles. The summed E-state index contributed by atoms with van der Waals surface area (Å²) < 4.78 is 15.4. The van der Waals surface area contributed by atoms with Crippen LogP contribution in [-0.2, 0) is 25.5 Å². The molecule has 0 bridgehead atoms. The molecule has 0 amide bonds. The van der Waals surface area contributed by atoms with Crippen LogP contribution in [0.2, 0.25) is 0 Å². The molecule has 6 heteroatoms. The molecule has 0 saturated carbocycles. The third kappa shape index (κ3) is 6.43. The lowest BCUT2D eigenvalue weighted by Crippen LogP contribution is -2.11. The average molecular weight is 368 g/mol. The lowest BCUT2D eigenvalue weighted by Gasteiger charge is -2.13. The summed E-state index contributed by atoms with van der Waals surface area (Å²) in [6, 6.07) is 13.8. The minimum Gasteiger partial charge on any atom is -0.461 e. The zero-order chi connectivity index (χ0) is 19.8. The molecule has 0 unspecified atom stereocenters. The van der Waals surface area contributed by atoms with E-state index in [2.05, 4.69) is 6.58 Å². The van der Waals surface area contributed by atoms with Crippen molar-refractivity contribution in [3.05, 3.63) is 66.2 Å². The van der Waals surface area contributed by atoms with Gasteiger partial charge in [-0.1, -0.05) is 36.9 Å². The summed E-state index contributed by atoms with van der Waals surface area (Å²) in [4.78, 5) is 34.4. The highest BCUT2D eigenvalue weighted by molar-refractivity contribution is 5.79. The Hall–Kier alpha value is -3.41. The van der Waals surface area contributed by atoms with Crippen LogP contribution >= 0.6 is 0 Å². The maximum absolute atomic E-state index is 12.0. The van der Waals surface area contributed by atoms with E-state index in [1.807, 2.05) is 30.3 Å². The van der Waals surface area contributed by atoms with Crippen LogP contribution in [0.1, 0.15) is 25.0 Å². The molecule has 0 saturated heterocycles. The molecule has 0 fully saturated rings. The predicted molar refractivity (Wildman–Crippen MR) is 99.2 cm³/mol. The SMILES string of the molecule is C=C(COC(=O)Cc1ccccc1)c1ccc(OC(C)=O)cc1OC(C)=O. The maximum Gasteiger partial charge on any atom is 0.310 e. The highest BCUT2D eigenvalue weighted by Crippen LogP contribution is 2.30. The van der Waals surface area contributed by atoms with Crippen molar-refractivity contribution in [1.29, 1.82) is 0 Å². The van der Waals surface area contributed by atoms with Crippen molar-refractivity contribution >= 4 is 23.5 Å². The summed E-state index contributed by atoms with van der Waals surface area (Å²) in [6.45, 7) is 6.35. The van der Waals surface area contributed by atoms with Gasteiger partial charge in [0.25, 0.3) is 0 Å². The van der Waals surface area contributed by atoms with Crippen LogP contribution in [0.4, 0.5) is 0 Å². The van der Waals surface area contributed by atoms with E-state index < -0.39 is 17.9 Å². The van der Waals surface area contributed by atoms with Crippen molar-refractivity contribution in [1.82, 2.24) is 0 Å². The first kappa shape index (κ1) is 19.9.